The minimum Gasteiger partial charge on any atom is -0.507 e. The van der Waals surface area contributed by atoms with Gasteiger partial charge in [0.25, 0.3) is 5.91 Å². The number of aliphatic hydroxyl groups is 1. The van der Waals surface area contributed by atoms with Crippen molar-refractivity contribution in [3.8, 4) is 22.8 Å². The molecule has 0 saturated heterocycles. The number of aromatic nitrogens is 2. The van der Waals surface area contributed by atoms with Crippen LogP contribution in [0.2, 0.25) is 0 Å². The SMILES string of the molecule is CCCOc1ccc(C2c3c(-c4c(C)cc(C)cc4O)n[nH]c3C(=O)N2CCCO)cc1. The zero-order valence-corrected chi connectivity index (χ0v) is 18.7. The number of aromatic amines is 1. The van der Waals surface area contributed by atoms with Crippen LogP contribution in [-0.4, -0.2) is 51.0 Å². The number of ether oxygens (including phenoxy) is 1. The second-order valence-corrected chi connectivity index (χ2v) is 8.23. The van der Waals surface area contributed by atoms with Crippen molar-refractivity contribution in [2.75, 3.05) is 19.8 Å². The molecular formula is C25H29N3O4. The van der Waals surface area contributed by atoms with Crippen molar-refractivity contribution in [3.05, 3.63) is 64.3 Å². The minimum absolute atomic E-state index is 0.00278. The van der Waals surface area contributed by atoms with Crippen LogP contribution in [0, 0.1) is 13.8 Å². The Morgan fingerprint density at radius 2 is 1.94 bits per heavy atom. The number of hydrogen-bond donors (Lipinski definition) is 3. The maximum absolute atomic E-state index is 13.2. The lowest BCUT2D eigenvalue weighted by Crippen LogP contribution is -2.31. The number of nitrogens with zero attached hydrogens (tertiary/aromatic N) is 2. The number of phenols is 1. The van der Waals surface area contributed by atoms with E-state index in [-0.39, 0.29) is 24.3 Å². The Morgan fingerprint density at radius 1 is 1.19 bits per heavy atom. The van der Waals surface area contributed by atoms with Gasteiger partial charge in [-0.15, -0.1) is 0 Å². The monoisotopic (exact) mass is 435 g/mol. The molecule has 2 heterocycles. The maximum atomic E-state index is 13.2. The quantitative estimate of drug-likeness (QED) is 0.494. The van der Waals surface area contributed by atoms with E-state index in [0.717, 1.165) is 34.4 Å². The molecule has 7 heteroatoms. The van der Waals surface area contributed by atoms with E-state index in [1.807, 2.05) is 44.2 Å². The number of aliphatic hydroxyl groups excluding tert-OH is 1. The fourth-order valence-corrected chi connectivity index (χ4v) is 4.42. The van der Waals surface area contributed by atoms with Gasteiger partial charge in [0, 0.05) is 24.3 Å². The summed E-state index contributed by atoms with van der Waals surface area (Å²) in [6.45, 7) is 6.97. The Bertz CT molecular complexity index is 1100. The lowest BCUT2D eigenvalue weighted by atomic mass is 9.93. The lowest BCUT2D eigenvalue weighted by molar-refractivity contribution is 0.0732. The molecule has 1 aliphatic rings. The molecule has 1 amide bonds. The largest absolute Gasteiger partial charge is 0.507 e. The molecule has 1 aromatic heterocycles. The molecule has 4 rings (SSSR count). The second kappa shape index (κ2) is 9.04. The molecule has 0 bridgehead atoms. The van der Waals surface area contributed by atoms with Crippen LogP contribution in [0.5, 0.6) is 11.5 Å². The fourth-order valence-electron chi connectivity index (χ4n) is 4.42. The summed E-state index contributed by atoms with van der Waals surface area (Å²) in [6, 6.07) is 11.1. The molecule has 3 aromatic rings. The summed E-state index contributed by atoms with van der Waals surface area (Å²) in [5.74, 6) is 0.759. The van der Waals surface area contributed by atoms with Crippen LogP contribution in [0.15, 0.2) is 36.4 Å². The fraction of sp³-hybridized carbons (Fsp3) is 0.360. The topological polar surface area (TPSA) is 98.7 Å². The Balaban J connectivity index is 1.82. The molecule has 0 spiro atoms. The van der Waals surface area contributed by atoms with Crippen molar-refractivity contribution in [1.29, 1.82) is 0 Å². The van der Waals surface area contributed by atoms with Crippen molar-refractivity contribution < 1.29 is 19.7 Å². The molecule has 168 valence electrons. The van der Waals surface area contributed by atoms with Crippen LogP contribution in [0.4, 0.5) is 0 Å². The number of aromatic hydroxyl groups is 1. The van der Waals surface area contributed by atoms with E-state index in [0.29, 0.717) is 36.5 Å². The average molecular weight is 436 g/mol. The Kier molecular flexibility index (Phi) is 6.19. The molecule has 0 fully saturated rings. The second-order valence-electron chi connectivity index (χ2n) is 8.23. The summed E-state index contributed by atoms with van der Waals surface area (Å²) in [6.07, 6.45) is 1.40. The predicted molar refractivity (Wildman–Crippen MR) is 122 cm³/mol. The highest BCUT2D eigenvalue weighted by Crippen LogP contribution is 2.45. The molecular weight excluding hydrogens is 406 g/mol. The van der Waals surface area contributed by atoms with Gasteiger partial charge in [-0.1, -0.05) is 25.1 Å². The van der Waals surface area contributed by atoms with E-state index in [2.05, 4.69) is 17.1 Å². The summed E-state index contributed by atoms with van der Waals surface area (Å²) in [4.78, 5) is 15.0. The Labute approximate surface area is 187 Å². The number of aryl methyl sites for hydroxylation is 2. The van der Waals surface area contributed by atoms with Gasteiger partial charge in [-0.2, -0.15) is 5.10 Å². The molecule has 7 nitrogen and oxygen atoms in total. The van der Waals surface area contributed by atoms with E-state index in [9.17, 15) is 15.0 Å². The summed E-state index contributed by atoms with van der Waals surface area (Å²) < 4.78 is 5.71. The number of fused-ring (bicyclic) bond motifs is 1. The zero-order chi connectivity index (χ0) is 22.8. The molecule has 1 aliphatic heterocycles. The standard InChI is InChI=1S/C25H29N3O4/c1-4-12-32-18-8-6-17(7-9-18)24-21-22(20-16(3)13-15(2)14-19(20)30)26-27-23(21)25(31)28(24)10-5-11-29/h6-9,13-14,24,29-30H,4-5,10-12H2,1-3H3,(H,26,27). The third-order valence-electron chi connectivity index (χ3n) is 5.79. The van der Waals surface area contributed by atoms with Crippen LogP contribution in [0.1, 0.15) is 58.5 Å². The van der Waals surface area contributed by atoms with E-state index >= 15 is 0 Å². The Morgan fingerprint density at radius 3 is 2.59 bits per heavy atom. The maximum Gasteiger partial charge on any atom is 0.273 e. The molecule has 0 saturated carbocycles. The van der Waals surface area contributed by atoms with Gasteiger partial charge < -0.3 is 19.8 Å². The third kappa shape index (κ3) is 3.84. The molecule has 0 aliphatic carbocycles. The highest BCUT2D eigenvalue weighted by atomic mass is 16.5. The van der Waals surface area contributed by atoms with Gasteiger partial charge in [0.2, 0.25) is 0 Å². The molecule has 3 N–H and O–H groups in total. The number of amides is 1. The van der Waals surface area contributed by atoms with Gasteiger partial charge >= 0.3 is 0 Å². The first-order valence-electron chi connectivity index (χ1n) is 11.0. The average Bonchev–Trinajstić information content (AvgIpc) is 3.29. The highest BCUT2D eigenvalue weighted by Gasteiger charge is 2.42. The van der Waals surface area contributed by atoms with Crippen molar-refractivity contribution in [1.82, 2.24) is 15.1 Å². The summed E-state index contributed by atoms with van der Waals surface area (Å²) in [5, 5.41) is 27.5. The van der Waals surface area contributed by atoms with Crippen molar-refractivity contribution in [3.63, 3.8) is 0 Å². The van der Waals surface area contributed by atoms with Gasteiger partial charge in [0.1, 0.15) is 22.9 Å². The first-order valence-corrected chi connectivity index (χ1v) is 11.0. The number of H-pyrrole nitrogens is 1. The predicted octanol–water partition coefficient (Wildman–Crippen LogP) is 4.12. The molecule has 32 heavy (non-hydrogen) atoms. The van der Waals surface area contributed by atoms with E-state index in [4.69, 9.17) is 4.74 Å². The number of nitrogens with one attached hydrogen (secondary N) is 1. The normalized spacial score (nSPS) is 15.3. The Hall–Kier alpha value is -3.32. The number of hydrogen-bond acceptors (Lipinski definition) is 5. The summed E-state index contributed by atoms with van der Waals surface area (Å²) in [5.41, 5.74) is 5.14. The minimum atomic E-state index is -0.377. The first-order chi connectivity index (χ1) is 15.5. The van der Waals surface area contributed by atoms with Gasteiger partial charge in [0.15, 0.2) is 0 Å². The number of benzene rings is 2. The number of carbonyl (C=O) groups is 1. The van der Waals surface area contributed by atoms with Crippen LogP contribution >= 0.6 is 0 Å². The van der Waals surface area contributed by atoms with Crippen LogP contribution < -0.4 is 4.74 Å². The van der Waals surface area contributed by atoms with Gasteiger partial charge in [-0.25, -0.2) is 0 Å². The van der Waals surface area contributed by atoms with Crippen LogP contribution in [0.3, 0.4) is 0 Å². The molecule has 2 aromatic carbocycles. The molecule has 0 radical (unpaired) electrons. The molecule has 1 atom stereocenters. The van der Waals surface area contributed by atoms with Crippen molar-refractivity contribution >= 4 is 5.91 Å². The van der Waals surface area contributed by atoms with E-state index in [1.165, 1.54) is 0 Å². The van der Waals surface area contributed by atoms with Gasteiger partial charge in [-0.05, 0) is 61.6 Å². The zero-order valence-electron chi connectivity index (χ0n) is 18.7. The van der Waals surface area contributed by atoms with Gasteiger partial charge in [0.05, 0.1) is 12.6 Å². The van der Waals surface area contributed by atoms with E-state index < -0.39 is 0 Å². The summed E-state index contributed by atoms with van der Waals surface area (Å²) in [7, 11) is 0. The van der Waals surface area contributed by atoms with Crippen molar-refractivity contribution in [2.45, 2.75) is 39.7 Å². The third-order valence-corrected chi connectivity index (χ3v) is 5.79. The smallest absolute Gasteiger partial charge is 0.273 e. The number of carbonyl (C=O) groups excluding carboxylic acids is 1. The summed E-state index contributed by atoms with van der Waals surface area (Å²) >= 11 is 0. The van der Waals surface area contributed by atoms with Gasteiger partial charge in [-0.3, -0.25) is 9.89 Å². The van der Waals surface area contributed by atoms with E-state index in [1.54, 1.807) is 11.0 Å². The highest BCUT2D eigenvalue weighted by molar-refractivity contribution is 6.00. The number of phenolic OH excluding ortho intramolecular Hbond substituents is 1. The first kappa shape index (κ1) is 21.9. The number of rotatable bonds is 8. The van der Waals surface area contributed by atoms with Crippen molar-refractivity contribution in [2.24, 2.45) is 0 Å². The van der Waals surface area contributed by atoms with Crippen LogP contribution in [0.25, 0.3) is 11.3 Å². The lowest BCUT2D eigenvalue weighted by Gasteiger charge is -2.26. The molecule has 1 unspecified atom stereocenters. The van der Waals surface area contributed by atoms with Crippen LogP contribution in [-0.2, 0) is 0 Å².